The maximum absolute atomic E-state index is 4.59. The first-order chi connectivity index (χ1) is 8.05. The Hall–Kier alpha value is 1.83. The van der Waals surface area contributed by atoms with Gasteiger partial charge in [0.1, 0.15) is 0 Å². The molecule has 0 heterocycles. The zero-order valence-electron chi connectivity index (χ0n) is 14.0. The number of thiol groups is 4. The van der Waals surface area contributed by atoms with Gasteiger partial charge in [-0.1, -0.05) is 34.6 Å². The predicted molar refractivity (Wildman–Crippen MR) is 111 cm³/mol. The van der Waals surface area contributed by atoms with Crippen LogP contribution in [0.15, 0.2) is 0 Å². The van der Waals surface area contributed by atoms with E-state index in [-0.39, 0.29) is 4.75 Å². The second kappa shape index (κ2) is 7.90. The molecule has 0 aromatic carbocycles. The SMILES string of the molecule is CC(C)C(C)(S)C(C)C.CC(C)P(S)(S)(S)C(C)C. The van der Waals surface area contributed by atoms with E-state index >= 15 is 0 Å². The van der Waals surface area contributed by atoms with E-state index in [9.17, 15) is 0 Å². The van der Waals surface area contributed by atoms with Crippen LogP contribution in [0.5, 0.6) is 0 Å². The summed E-state index contributed by atoms with van der Waals surface area (Å²) in [5.74, 6) is 1.31. The van der Waals surface area contributed by atoms with E-state index in [2.05, 4.69) is 112 Å². The Morgan fingerprint density at radius 3 is 0.895 bits per heavy atom. The van der Waals surface area contributed by atoms with Crippen LogP contribution in [-0.4, -0.2) is 16.1 Å². The first-order valence-electron chi connectivity index (χ1n) is 7.04. The van der Waals surface area contributed by atoms with E-state index in [1.165, 1.54) is 0 Å². The summed E-state index contributed by atoms with van der Waals surface area (Å²) in [7, 11) is 0. The van der Waals surface area contributed by atoms with Gasteiger partial charge in [-0.3, -0.25) is 0 Å². The van der Waals surface area contributed by atoms with Gasteiger partial charge in [0.2, 0.25) is 0 Å². The van der Waals surface area contributed by atoms with Gasteiger partial charge in [0, 0.05) is 4.75 Å². The Balaban J connectivity index is 0. The molecule has 0 saturated heterocycles. The van der Waals surface area contributed by atoms with Crippen LogP contribution < -0.4 is 0 Å². The minimum absolute atomic E-state index is 0.194. The minimum atomic E-state index is -2.24. The van der Waals surface area contributed by atoms with E-state index in [4.69, 9.17) is 0 Å². The molecule has 19 heavy (non-hydrogen) atoms. The standard InChI is InChI=1S/C8H18S.C6H17PS3/c1-6(2)8(5,9)7(3)4;1-5(2)7(8,9,10)6(3)4/h6-7,9H,1-5H3;5-6,8-10H,1-4H3. The van der Waals surface area contributed by atoms with Crippen molar-refractivity contribution >= 4 is 53.6 Å². The molecule has 5 heteroatoms. The van der Waals surface area contributed by atoms with Crippen molar-refractivity contribution in [3.63, 3.8) is 0 Å². The van der Waals surface area contributed by atoms with E-state index in [1.807, 2.05) is 0 Å². The van der Waals surface area contributed by atoms with Crippen LogP contribution in [0.25, 0.3) is 0 Å². The summed E-state index contributed by atoms with van der Waals surface area (Å²) in [6.45, 7) is 19.6. The van der Waals surface area contributed by atoms with Gasteiger partial charge in [0.15, 0.2) is 0 Å². The number of hydrogen-bond acceptors (Lipinski definition) is 4. The van der Waals surface area contributed by atoms with Crippen LogP contribution in [0, 0.1) is 11.8 Å². The molecule has 0 atom stereocenters. The topological polar surface area (TPSA) is 0 Å². The van der Waals surface area contributed by atoms with E-state index in [1.54, 1.807) is 0 Å². The number of hydrogen-bond donors (Lipinski definition) is 4. The molecule has 0 aliphatic rings. The van der Waals surface area contributed by atoms with Gasteiger partial charge >= 0.3 is 80.0 Å². The van der Waals surface area contributed by atoms with Gasteiger partial charge in [0.05, 0.1) is 0 Å². The Labute approximate surface area is 143 Å². The summed E-state index contributed by atoms with van der Waals surface area (Å²) >= 11 is 18.4. The quantitative estimate of drug-likeness (QED) is 0.304. The molecule has 0 saturated carbocycles. The van der Waals surface area contributed by atoms with E-state index in [0.29, 0.717) is 23.2 Å². The first kappa shape index (κ1) is 23.1. The Morgan fingerprint density at radius 1 is 0.684 bits per heavy atom. The van der Waals surface area contributed by atoms with Crippen LogP contribution in [0.2, 0.25) is 0 Å². The van der Waals surface area contributed by atoms with Crippen molar-refractivity contribution in [2.24, 2.45) is 11.8 Å². The molecule has 0 amide bonds. The third-order valence-corrected chi connectivity index (χ3v) is 17.6. The van der Waals surface area contributed by atoms with E-state index < -0.39 is 4.21 Å². The molecule has 0 radical (unpaired) electrons. The van der Waals surface area contributed by atoms with Crippen LogP contribution in [0.4, 0.5) is 0 Å². The fraction of sp³-hybridized carbons (Fsp3) is 1.00. The van der Waals surface area contributed by atoms with Crippen LogP contribution >= 0.6 is 53.6 Å². The van der Waals surface area contributed by atoms with Crippen molar-refractivity contribution in [2.45, 2.75) is 78.4 Å². The molecule has 0 aromatic heterocycles. The second-order valence-electron chi connectivity index (χ2n) is 6.83. The summed E-state index contributed by atoms with van der Waals surface area (Å²) < 4.78 is -2.04. The Morgan fingerprint density at radius 2 is 0.895 bits per heavy atom. The van der Waals surface area contributed by atoms with Crippen LogP contribution in [0.3, 0.4) is 0 Å². The molecule has 0 unspecified atom stereocenters. The maximum atomic E-state index is 4.59. The molecule has 0 rings (SSSR count). The van der Waals surface area contributed by atoms with Crippen molar-refractivity contribution in [1.29, 1.82) is 0 Å². The number of rotatable bonds is 4. The summed E-state index contributed by atoms with van der Waals surface area (Å²) in [4.78, 5) is 0. The molecule has 0 aliphatic heterocycles. The van der Waals surface area contributed by atoms with Gasteiger partial charge in [-0.05, 0) is 11.8 Å². The second-order valence-corrected chi connectivity index (χ2v) is 22.7. The monoisotopic (exact) mass is 362 g/mol. The van der Waals surface area contributed by atoms with Crippen LogP contribution in [0.1, 0.15) is 62.3 Å². The summed E-state index contributed by atoms with van der Waals surface area (Å²) in [6, 6.07) is 0. The molecular weight excluding hydrogens is 327 g/mol. The van der Waals surface area contributed by atoms with Crippen molar-refractivity contribution in [2.75, 3.05) is 0 Å². The van der Waals surface area contributed by atoms with Crippen molar-refractivity contribution in [1.82, 2.24) is 0 Å². The van der Waals surface area contributed by atoms with Gasteiger partial charge in [-0.2, -0.15) is 12.6 Å². The fourth-order valence-electron chi connectivity index (χ4n) is 1.26. The fourth-order valence-corrected chi connectivity index (χ4v) is 2.46. The molecule has 0 spiro atoms. The first-order valence-corrected chi connectivity index (χ1v) is 13.3. The Bertz CT molecular complexity index is 240. The van der Waals surface area contributed by atoms with E-state index in [0.717, 1.165) is 0 Å². The van der Waals surface area contributed by atoms with Crippen molar-refractivity contribution in [3.8, 4) is 0 Å². The molecule has 120 valence electrons. The summed E-state index contributed by atoms with van der Waals surface area (Å²) in [6.07, 6.45) is 0. The van der Waals surface area contributed by atoms with Gasteiger partial charge in [0.25, 0.3) is 0 Å². The molecule has 0 fully saturated rings. The van der Waals surface area contributed by atoms with Gasteiger partial charge in [-0.25, -0.2) is 0 Å². The predicted octanol–water partition coefficient (Wildman–Crippen LogP) is 6.88. The third-order valence-electron chi connectivity index (χ3n) is 4.32. The molecule has 0 N–H and O–H groups in total. The average molecular weight is 363 g/mol. The molecular formula is C14H35PS4. The molecule has 0 bridgehead atoms. The molecule has 0 aliphatic carbocycles. The summed E-state index contributed by atoms with van der Waals surface area (Å²) in [5, 5.41) is 0. The van der Waals surface area contributed by atoms with Gasteiger partial charge in [-0.15, -0.1) is 0 Å². The molecule has 0 nitrogen and oxygen atoms in total. The van der Waals surface area contributed by atoms with Crippen LogP contribution in [-0.2, 0) is 0 Å². The van der Waals surface area contributed by atoms with Gasteiger partial charge < -0.3 is 0 Å². The average Bonchev–Trinajstić information content (AvgIpc) is 2.16. The third kappa shape index (κ3) is 7.08. The Kier molecular flexibility index (Phi) is 9.61. The van der Waals surface area contributed by atoms with Crippen molar-refractivity contribution in [3.05, 3.63) is 0 Å². The normalized spacial score (nSPS) is 15.5. The summed E-state index contributed by atoms with van der Waals surface area (Å²) in [5.41, 5.74) is 0.919. The zero-order valence-corrected chi connectivity index (χ0v) is 18.5. The zero-order chi connectivity index (χ0) is 16.3. The van der Waals surface area contributed by atoms with Crippen molar-refractivity contribution < 1.29 is 0 Å². The molecule has 0 aromatic rings.